The molecule has 2 heterocycles. The highest BCUT2D eigenvalue weighted by atomic mass is 32.2. The molecule has 204 valence electrons. The highest BCUT2D eigenvalue weighted by Gasteiger charge is 2.28. The summed E-state index contributed by atoms with van der Waals surface area (Å²) >= 11 is 0. The van der Waals surface area contributed by atoms with Gasteiger partial charge in [0.25, 0.3) is 0 Å². The summed E-state index contributed by atoms with van der Waals surface area (Å²) in [6.45, 7) is 3.19. The van der Waals surface area contributed by atoms with Crippen LogP contribution < -0.4 is 19.5 Å². The van der Waals surface area contributed by atoms with Crippen molar-refractivity contribution in [3.8, 4) is 11.5 Å². The smallest absolute Gasteiger partial charge is 0.244 e. The minimum Gasteiger partial charge on any atom is -0.493 e. The molecular weight excluding hydrogens is 494 g/mol. The number of aromatic nitrogens is 1. The van der Waals surface area contributed by atoms with Crippen LogP contribution in [0.4, 0.5) is 5.82 Å². The standard InChI is InChI=1S/C27H39N3O6S/c1-19-16-25(27(28-17-19)30-23(10-13-31)20-11-14-35-15-12-20)37(32,33)29-18-21-6-5-9-24(34-2)26(21)36-22-7-3-4-8-22/h5-6,9,16-17,20,22-23,29,31H,3-4,7-8,10-15,18H2,1-2H3,(H,28,30). The molecular formula is C27H39N3O6S. The van der Waals surface area contributed by atoms with E-state index >= 15 is 0 Å². The lowest BCUT2D eigenvalue weighted by atomic mass is 9.90. The number of hydrogen-bond donors (Lipinski definition) is 3. The molecule has 37 heavy (non-hydrogen) atoms. The number of benzene rings is 1. The highest BCUT2D eigenvalue weighted by Crippen LogP contribution is 2.35. The van der Waals surface area contributed by atoms with Crippen LogP contribution in [0.15, 0.2) is 35.4 Å². The Kier molecular flexibility index (Phi) is 9.64. The van der Waals surface area contributed by atoms with Crippen LogP contribution in [-0.4, -0.2) is 57.6 Å². The van der Waals surface area contributed by atoms with Crippen LogP contribution in [0.5, 0.6) is 11.5 Å². The third kappa shape index (κ3) is 7.13. The van der Waals surface area contributed by atoms with Gasteiger partial charge in [0.2, 0.25) is 10.0 Å². The van der Waals surface area contributed by atoms with Gasteiger partial charge in [-0.05, 0) is 75.5 Å². The summed E-state index contributed by atoms with van der Waals surface area (Å²) in [5.74, 6) is 1.73. The molecule has 1 aliphatic heterocycles. The molecule has 0 radical (unpaired) electrons. The number of ether oxygens (including phenoxy) is 3. The molecule has 0 bridgehead atoms. The van der Waals surface area contributed by atoms with E-state index in [9.17, 15) is 13.5 Å². The molecule has 1 saturated heterocycles. The molecule has 3 N–H and O–H groups in total. The Bertz CT molecular complexity index is 1130. The second-order valence-electron chi connectivity index (χ2n) is 9.87. The number of para-hydroxylation sites is 1. The third-order valence-electron chi connectivity index (χ3n) is 7.20. The number of nitrogens with one attached hydrogen (secondary N) is 2. The van der Waals surface area contributed by atoms with E-state index in [-0.39, 0.29) is 41.9 Å². The van der Waals surface area contributed by atoms with Gasteiger partial charge >= 0.3 is 0 Å². The van der Waals surface area contributed by atoms with Crippen molar-refractivity contribution >= 4 is 15.8 Å². The average molecular weight is 534 g/mol. The van der Waals surface area contributed by atoms with Gasteiger partial charge in [-0.3, -0.25) is 0 Å². The number of nitrogens with zero attached hydrogens (tertiary/aromatic N) is 1. The molecule has 1 aromatic heterocycles. The predicted octanol–water partition coefficient (Wildman–Crippen LogP) is 3.79. The first-order valence-electron chi connectivity index (χ1n) is 13.1. The first-order chi connectivity index (χ1) is 17.9. The van der Waals surface area contributed by atoms with Gasteiger partial charge in [0.05, 0.1) is 13.2 Å². The van der Waals surface area contributed by atoms with E-state index in [1.807, 2.05) is 25.1 Å². The van der Waals surface area contributed by atoms with Gasteiger partial charge < -0.3 is 24.6 Å². The lowest BCUT2D eigenvalue weighted by Crippen LogP contribution is -2.35. The monoisotopic (exact) mass is 533 g/mol. The molecule has 1 aromatic carbocycles. The molecule has 0 spiro atoms. The predicted molar refractivity (Wildman–Crippen MR) is 142 cm³/mol. The van der Waals surface area contributed by atoms with Gasteiger partial charge in [-0.2, -0.15) is 0 Å². The van der Waals surface area contributed by atoms with Gasteiger partial charge in [-0.1, -0.05) is 12.1 Å². The minimum absolute atomic E-state index is 0.000823. The molecule has 2 aromatic rings. The van der Waals surface area contributed by atoms with Crippen molar-refractivity contribution in [2.75, 3.05) is 32.2 Å². The number of aryl methyl sites for hydroxylation is 1. The van der Waals surface area contributed by atoms with Crippen molar-refractivity contribution < 1.29 is 27.7 Å². The van der Waals surface area contributed by atoms with Crippen molar-refractivity contribution in [3.05, 3.63) is 41.6 Å². The Hall–Kier alpha value is -2.40. The lowest BCUT2D eigenvalue weighted by Gasteiger charge is -2.31. The SMILES string of the molecule is COc1cccc(CNS(=O)(=O)c2cc(C)cnc2NC(CCO)C2CCOCC2)c1OC1CCCC1. The summed E-state index contributed by atoms with van der Waals surface area (Å²) in [5, 5.41) is 13.0. The number of hydrogen-bond acceptors (Lipinski definition) is 8. The van der Waals surface area contributed by atoms with Crippen LogP contribution in [0.1, 0.15) is 56.1 Å². The number of methoxy groups -OCH3 is 1. The zero-order chi connectivity index (χ0) is 26.3. The normalized spacial score (nSPS) is 18.0. The van der Waals surface area contributed by atoms with Gasteiger partial charge in [-0.25, -0.2) is 18.1 Å². The molecule has 2 aliphatic rings. The molecule has 1 aliphatic carbocycles. The summed E-state index contributed by atoms with van der Waals surface area (Å²) in [5.41, 5.74) is 1.45. The number of aliphatic hydroxyl groups excluding tert-OH is 1. The summed E-state index contributed by atoms with van der Waals surface area (Å²) in [7, 11) is -2.34. The number of aliphatic hydroxyl groups is 1. The van der Waals surface area contributed by atoms with Crippen LogP contribution in [-0.2, 0) is 21.3 Å². The van der Waals surface area contributed by atoms with Gasteiger partial charge in [-0.15, -0.1) is 0 Å². The van der Waals surface area contributed by atoms with Crippen LogP contribution in [0.25, 0.3) is 0 Å². The van der Waals surface area contributed by atoms with Crippen molar-refractivity contribution in [2.24, 2.45) is 5.92 Å². The molecule has 1 saturated carbocycles. The van der Waals surface area contributed by atoms with Crippen molar-refractivity contribution in [3.63, 3.8) is 0 Å². The van der Waals surface area contributed by atoms with Gasteiger partial charge in [0.15, 0.2) is 11.5 Å². The average Bonchev–Trinajstić information content (AvgIpc) is 3.42. The van der Waals surface area contributed by atoms with Crippen LogP contribution >= 0.6 is 0 Å². The summed E-state index contributed by atoms with van der Waals surface area (Å²) in [6.07, 6.45) is 8.18. The molecule has 0 amide bonds. The van der Waals surface area contributed by atoms with Crippen LogP contribution in [0.3, 0.4) is 0 Å². The summed E-state index contributed by atoms with van der Waals surface area (Å²) in [4.78, 5) is 4.53. The minimum atomic E-state index is -3.93. The number of sulfonamides is 1. The Morgan fingerprint density at radius 3 is 2.65 bits per heavy atom. The molecule has 9 nitrogen and oxygen atoms in total. The first kappa shape index (κ1) is 27.6. The number of anilines is 1. The second kappa shape index (κ2) is 12.9. The first-order valence-corrected chi connectivity index (χ1v) is 14.6. The molecule has 2 fully saturated rings. The van der Waals surface area contributed by atoms with Crippen LogP contribution in [0.2, 0.25) is 0 Å². The Labute approximate surface area is 220 Å². The van der Waals surface area contributed by atoms with Crippen molar-refractivity contribution in [1.82, 2.24) is 9.71 Å². The van der Waals surface area contributed by atoms with E-state index in [0.717, 1.165) is 44.1 Å². The summed E-state index contributed by atoms with van der Waals surface area (Å²) in [6, 6.07) is 7.03. The second-order valence-corrected chi connectivity index (χ2v) is 11.6. The third-order valence-corrected chi connectivity index (χ3v) is 8.61. The fourth-order valence-electron chi connectivity index (χ4n) is 5.13. The van der Waals surface area contributed by atoms with Crippen LogP contribution in [0, 0.1) is 12.8 Å². The maximum Gasteiger partial charge on any atom is 0.244 e. The van der Waals surface area contributed by atoms with Gasteiger partial charge in [0.1, 0.15) is 10.7 Å². The Balaban J connectivity index is 1.55. The maximum atomic E-state index is 13.6. The number of pyridine rings is 1. The van der Waals surface area contributed by atoms with E-state index in [2.05, 4.69) is 15.0 Å². The molecule has 10 heteroatoms. The fraction of sp³-hybridized carbons (Fsp3) is 0.593. The fourth-order valence-corrected chi connectivity index (χ4v) is 6.34. The van der Waals surface area contributed by atoms with E-state index in [1.165, 1.54) is 0 Å². The Morgan fingerprint density at radius 1 is 1.19 bits per heavy atom. The zero-order valence-electron chi connectivity index (χ0n) is 21.7. The summed E-state index contributed by atoms with van der Waals surface area (Å²) < 4.78 is 47.2. The maximum absolute atomic E-state index is 13.6. The van der Waals surface area contributed by atoms with Gasteiger partial charge in [0, 0.05) is 44.2 Å². The van der Waals surface area contributed by atoms with E-state index in [0.29, 0.717) is 36.7 Å². The van der Waals surface area contributed by atoms with E-state index < -0.39 is 10.0 Å². The van der Waals surface area contributed by atoms with Crippen molar-refractivity contribution in [2.45, 2.75) is 75.5 Å². The largest absolute Gasteiger partial charge is 0.493 e. The molecule has 1 atom stereocenters. The highest BCUT2D eigenvalue weighted by molar-refractivity contribution is 7.89. The van der Waals surface area contributed by atoms with E-state index in [1.54, 1.807) is 19.4 Å². The number of rotatable bonds is 12. The quantitative estimate of drug-likeness (QED) is 0.377. The zero-order valence-corrected chi connectivity index (χ0v) is 22.6. The topological polar surface area (TPSA) is 119 Å². The molecule has 4 rings (SSSR count). The Morgan fingerprint density at radius 2 is 1.95 bits per heavy atom. The molecule has 1 unspecified atom stereocenters. The lowest BCUT2D eigenvalue weighted by molar-refractivity contribution is 0.0577. The van der Waals surface area contributed by atoms with E-state index in [4.69, 9.17) is 14.2 Å². The van der Waals surface area contributed by atoms with Crippen molar-refractivity contribution in [1.29, 1.82) is 0 Å².